The van der Waals surface area contributed by atoms with E-state index in [1.807, 2.05) is 30.3 Å². The molecule has 2 aromatic carbocycles. The third kappa shape index (κ3) is 4.69. The number of hydrogen-bond acceptors (Lipinski definition) is 1. The Morgan fingerprint density at radius 1 is 0.769 bits per heavy atom. The van der Waals surface area contributed by atoms with E-state index in [1.165, 1.54) is 11.1 Å². The van der Waals surface area contributed by atoms with E-state index in [0.29, 0.717) is 0 Å². The molecule has 1 nitrogen and oxygen atoms in total. The topological polar surface area (TPSA) is 9.23 Å². The van der Waals surface area contributed by atoms with Gasteiger partial charge in [-0.15, -0.1) is 0 Å². The predicted octanol–water partition coefficient (Wildman–Crippen LogP) is 5.42. The molecule has 0 aliphatic heterocycles. The molecule has 0 spiro atoms. The highest BCUT2D eigenvalue weighted by molar-refractivity contribution is 5.51. The van der Waals surface area contributed by atoms with Gasteiger partial charge in [-0.05, 0) is 74.7 Å². The van der Waals surface area contributed by atoms with Crippen molar-refractivity contribution in [3.05, 3.63) is 88.0 Å². The lowest BCUT2D eigenvalue weighted by Crippen LogP contribution is -1.89. The first-order valence-corrected chi connectivity index (χ1v) is 8.79. The van der Waals surface area contributed by atoms with Crippen LogP contribution in [0.1, 0.15) is 42.0 Å². The number of aryl methyl sites for hydroxylation is 1. The SMILES string of the molecule is COc1ccc(C#Cc2ccc(C#CC3=CC=C(C)CC3)cc2C)cc1. The summed E-state index contributed by atoms with van der Waals surface area (Å²) < 4.78 is 5.17. The lowest BCUT2D eigenvalue weighted by atomic mass is 9.99. The van der Waals surface area contributed by atoms with Gasteiger partial charge in [-0.25, -0.2) is 0 Å². The summed E-state index contributed by atoms with van der Waals surface area (Å²) in [6, 6.07) is 14.0. The van der Waals surface area contributed by atoms with E-state index < -0.39 is 0 Å². The monoisotopic (exact) mass is 338 g/mol. The maximum absolute atomic E-state index is 5.17. The molecule has 1 aliphatic rings. The number of ether oxygens (including phenoxy) is 1. The lowest BCUT2D eigenvalue weighted by molar-refractivity contribution is 0.415. The van der Waals surface area contributed by atoms with Gasteiger partial charge in [0.25, 0.3) is 0 Å². The third-order valence-electron chi connectivity index (χ3n) is 4.38. The Balaban J connectivity index is 1.75. The largest absolute Gasteiger partial charge is 0.497 e. The van der Waals surface area contributed by atoms with Crippen molar-refractivity contribution in [3.8, 4) is 29.4 Å². The molecule has 3 rings (SSSR count). The van der Waals surface area contributed by atoms with Crippen molar-refractivity contribution in [2.24, 2.45) is 0 Å². The van der Waals surface area contributed by atoms with E-state index in [1.54, 1.807) is 7.11 Å². The van der Waals surface area contributed by atoms with Crippen LogP contribution < -0.4 is 4.74 Å². The first-order valence-electron chi connectivity index (χ1n) is 8.79. The van der Waals surface area contributed by atoms with E-state index >= 15 is 0 Å². The first-order chi connectivity index (χ1) is 12.6. The minimum Gasteiger partial charge on any atom is -0.497 e. The van der Waals surface area contributed by atoms with Crippen molar-refractivity contribution in [3.63, 3.8) is 0 Å². The zero-order valence-corrected chi connectivity index (χ0v) is 15.5. The first kappa shape index (κ1) is 17.7. The van der Waals surface area contributed by atoms with E-state index in [-0.39, 0.29) is 0 Å². The van der Waals surface area contributed by atoms with Crippen LogP contribution in [0.15, 0.2) is 65.8 Å². The van der Waals surface area contributed by atoms with Crippen LogP contribution in [0.2, 0.25) is 0 Å². The average Bonchev–Trinajstić information content (AvgIpc) is 2.67. The average molecular weight is 338 g/mol. The molecule has 0 aromatic heterocycles. The molecule has 0 amide bonds. The van der Waals surface area contributed by atoms with Crippen molar-refractivity contribution < 1.29 is 4.74 Å². The van der Waals surface area contributed by atoms with Crippen LogP contribution in [0.5, 0.6) is 5.75 Å². The van der Waals surface area contributed by atoms with Crippen LogP contribution >= 0.6 is 0 Å². The molecule has 0 bridgehead atoms. The molecule has 0 fully saturated rings. The van der Waals surface area contributed by atoms with Crippen molar-refractivity contribution in [2.45, 2.75) is 26.7 Å². The summed E-state index contributed by atoms with van der Waals surface area (Å²) in [5, 5.41) is 0. The maximum atomic E-state index is 5.17. The minimum atomic E-state index is 0.841. The van der Waals surface area contributed by atoms with Crippen LogP contribution in [-0.2, 0) is 0 Å². The normalized spacial score (nSPS) is 12.7. The van der Waals surface area contributed by atoms with Gasteiger partial charge >= 0.3 is 0 Å². The molecule has 1 aliphatic carbocycles. The van der Waals surface area contributed by atoms with Gasteiger partial charge in [0, 0.05) is 22.3 Å². The van der Waals surface area contributed by atoms with Gasteiger partial charge in [0.1, 0.15) is 5.75 Å². The molecule has 0 radical (unpaired) electrons. The molecular weight excluding hydrogens is 316 g/mol. The molecule has 0 N–H and O–H groups in total. The minimum absolute atomic E-state index is 0.841. The Labute approximate surface area is 156 Å². The van der Waals surface area contributed by atoms with Gasteiger partial charge in [-0.1, -0.05) is 41.4 Å². The number of benzene rings is 2. The molecule has 0 unspecified atom stereocenters. The Hall–Kier alpha value is -3.16. The standard InChI is InChI=1S/C25H22O/c1-19-4-6-21(7-5-19)8-9-23-11-15-24(20(2)18-23)14-10-22-12-16-25(26-3)17-13-22/h4,6,11-13,15-18H,5,7H2,1-3H3. The second-order valence-corrected chi connectivity index (χ2v) is 6.46. The van der Waals surface area contributed by atoms with Crippen molar-refractivity contribution >= 4 is 0 Å². The second kappa shape index (κ2) is 8.28. The fourth-order valence-electron chi connectivity index (χ4n) is 2.69. The Morgan fingerprint density at radius 3 is 2.15 bits per heavy atom. The van der Waals surface area contributed by atoms with E-state index in [0.717, 1.165) is 40.8 Å². The number of methoxy groups -OCH3 is 1. The number of rotatable bonds is 1. The molecule has 2 aromatic rings. The summed E-state index contributed by atoms with van der Waals surface area (Å²) >= 11 is 0. The summed E-state index contributed by atoms with van der Waals surface area (Å²) in [6.07, 6.45) is 6.45. The van der Waals surface area contributed by atoms with Crippen molar-refractivity contribution in [2.75, 3.05) is 7.11 Å². The van der Waals surface area contributed by atoms with Crippen LogP contribution in [0.3, 0.4) is 0 Å². The highest BCUT2D eigenvalue weighted by Crippen LogP contribution is 2.17. The molecule has 1 heteroatoms. The molecule has 26 heavy (non-hydrogen) atoms. The molecule has 0 atom stereocenters. The smallest absolute Gasteiger partial charge is 0.118 e. The van der Waals surface area contributed by atoms with Gasteiger partial charge in [-0.2, -0.15) is 0 Å². The van der Waals surface area contributed by atoms with E-state index in [4.69, 9.17) is 4.74 Å². The Bertz CT molecular complexity index is 980. The summed E-state index contributed by atoms with van der Waals surface area (Å²) in [7, 11) is 1.66. The van der Waals surface area contributed by atoms with Crippen LogP contribution in [0, 0.1) is 30.6 Å². The fraction of sp³-hybridized carbons (Fsp3) is 0.200. The molecule has 0 saturated carbocycles. The van der Waals surface area contributed by atoms with Crippen LogP contribution in [0.25, 0.3) is 0 Å². The summed E-state index contributed by atoms with van der Waals surface area (Å²) in [4.78, 5) is 0. The van der Waals surface area contributed by atoms with Gasteiger partial charge in [0.15, 0.2) is 0 Å². The second-order valence-electron chi connectivity index (χ2n) is 6.46. The highest BCUT2D eigenvalue weighted by atomic mass is 16.5. The zero-order chi connectivity index (χ0) is 18.4. The van der Waals surface area contributed by atoms with Gasteiger partial charge in [0.2, 0.25) is 0 Å². The lowest BCUT2D eigenvalue weighted by Gasteiger charge is -2.05. The summed E-state index contributed by atoms with van der Waals surface area (Å²) in [5.41, 5.74) is 6.81. The van der Waals surface area contributed by atoms with Crippen LogP contribution in [-0.4, -0.2) is 7.11 Å². The maximum Gasteiger partial charge on any atom is 0.118 e. The van der Waals surface area contributed by atoms with Crippen LogP contribution in [0.4, 0.5) is 0 Å². The van der Waals surface area contributed by atoms with Gasteiger partial charge in [-0.3, -0.25) is 0 Å². The van der Waals surface area contributed by atoms with Gasteiger partial charge in [0.05, 0.1) is 7.11 Å². The van der Waals surface area contributed by atoms with E-state index in [9.17, 15) is 0 Å². The predicted molar refractivity (Wildman–Crippen MR) is 108 cm³/mol. The summed E-state index contributed by atoms with van der Waals surface area (Å²) in [5.74, 6) is 13.9. The van der Waals surface area contributed by atoms with Crippen molar-refractivity contribution in [1.82, 2.24) is 0 Å². The Morgan fingerprint density at radius 2 is 1.50 bits per heavy atom. The van der Waals surface area contributed by atoms with Gasteiger partial charge < -0.3 is 4.74 Å². The number of allylic oxidation sites excluding steroid dienone is 4. The molecule has 128 valence electrons. The third-order valence-corrected chi connectivity index (χ3v) is 4.38. The molecule has 0 saturated heterocycles. The quantitative estimate of drug-likeness (QED) is 0.631. The Kier molecular flexibility index (Phi) is 5.62. The van der Waals surface area contributed by atoms with E-state index in [2.05, 4.69) is 61.8 Å². The zero-order valence-electron chi connectivity index (χ0n) is 15.5. The molecular formula is C25H22O. The fourth-order valence-corrected chi connectivity index (χ4v) is 2.69. The summed E-state index contributed by atoms with van der Waals surface area (Å²) in [6.45, 7) is 4.24. The number of hydrogen-bond donors (Lipinski definition) is 0. The highest BCUT2D eigenvalue weighted by Gasteiger charge is 2.00. The van der Waals surface area contributed by atoms with Crippen molar-refractivity contribution in [1.29, 1.82) is 0 Å². The molecule has 0 heterocycles.